The van der Waals surface area contributed by atoms with Gasteiger partial charge in [0.1, 0.15) is 0 Å². The molecule has 0 saturated heterocycles. The molecule has 0 bridgehead atoms. The number of carbonyl (C=O) groups excluding carboxylic acids is 1. The molecule has 2 N–H and O–H groups in total. The number of nitrogens with one attached hydrogen (secondary N) is 1. The molecule has 2 unspecified atom stereocenters. The molecule has 2 rings (SSSR count). The maximum Gasteiger partial charge on any atom is 0.318 e. The van der Waals surface area contributed by atoms with E-state index in [9.17, 15) is 9.90 Å². The van der Waals surface area contributed by atoms with E-state index in [1.165, 1.54) is 11.1 Å². The van der Waals surface area contributed by atoms with Gasteiger partial charge in [-0.1, -0.05) is 45.0 Å². The molecule has 23 heavy (non-hydrogen) atoms. The molecule has 2 amide bonds. The van der Waals surface area contributed by atoms with Gasteiger partial charge in [0.25, 0.3) is 0 Å². The van der Waals surface area contributed by atoms with Gasteiger partial charge in [-0.3, -0.25) is 0 Å². The summed E-state index contributed by atoms with van der Waals surface area (Å²) in [5, 5.41) is 12.3. The Kier molecular flexibility index (Phi) is 5.69. The first-order valence-electron chi connectivity index (χ1n) is 8.60. The maximum absolute atomic E-state index is 12.8. The smallest absolute Gasteiger partial charge is 0.318 e. The average Bonchev–Trinajstić information content (AvgIpc) is 2.91. The molecule has 1 aliphatic carbocycles. The Hall–Kier alpha value is -1.55. The topological polar surface area (TPSA) is 52.6 Å². The summed E-state index contributed by atoms with van der Waals surface area (Å²) in [6.07, 6.45) is 2.58. The maximum atomic E-state index is 12.8. The number of urea groups is 1. The number of carbonyl (C=O) groups is 1. The zero-order valence-electron chi connectivity index (χ0n) is 14.8. The fraction of sp³-hybridized carbons (Fsp3) is 0.632. The lowest BCUT2D eigenvalue weighted by Crippen LogP contribution is -2.49. The molecule has 0 aromatic heterocycles. The highest BCUT2D eigenvalue weighted by Crippen LogP contribution is 2.35. The molecule has 0 radical (unpaired) electrons. The fourth-order valence-corrected chi connectivity index (χ4v) is 2.98. The van der Waals surface area contributed by atoms with Crippen LogP contribution >= 0.6 is 0 Å². The number of hydrogen-bond donors (Lipinski definition) is 2. The van der Waals surface area contributed by atoms with Gasteiger partial charge in [-0.05, 0) is 42.7 Å². The first kappa shape index (κ1) is 17.8. The number of nitrogens with zero attached hydrogens (tertiary/aromatic N) is 1. The van der Waals surface area contributed by atoms with Crippen molar-refractivity contribution in [1.29, 1.82) is 0 Å². The van der Waals surface area contributed by atoms with Crippen molar-refractivity contribution in [1.82, 2.24) is 10.2 Å². The summed E-state index contributed by atoms with van der Waals surface area (Å²) < 4.78 is 0. The number of aliphatic hydroxyl groups is 1. The second-order valence-electron chi connectivity index (χ2n) is 7.56. The normalized spacial score (nSPS) is 18.4. The molecule has 0 fully saturated rings. The van der Waals surface area contributed by atoms with E-state index in [1.54, 1.807) is 0 Å². The summed E-state index contributed by atoms with van der Waals surface area (Å²) >= 11 is 0. The first-order valence-corrected chi connectivity index (χ1v) is 8.60. The quantitative estimate of drug-likeness (QED) is 0.873. The minimum atomic E-state index is -0.0254. The molecule has 1 aromatic carbocycles. The SMILES string of the molecule is CC(NC(=O)N(CCCO)C1CCc2ccccc21)C(C)(C)C. The van der Waals surface area contributed by atoms with Gasteiger partial charge in [0, 0.05) is 19.2 Å². The number of aliphatic hydroxyl groups excluding tert-OH is 1. The van der Waals surface area contributed by atoms with E-state index in [1.807, 2.05) is 17.9 Å². The van der Waals surface area contributed by atoms with Crippen LogP contribution in [0.15, 0.2) is 24.3 Å². The minimum Gasteiger partial charge on any atom is -0.396 e. The van der Waals surface area contributed by atoms with Crippen molar-refractivity contribution in [2.24, 2.45) is 5.41 Å². The van der Waals surface area contributed by atoms with Crippen molar-refractivity contribution in [2.75, 3.05) is 13.2 Å². The average molecular weight is 318 g/mol. The third-order valence-electron chi connectivity index (χ3n) is 4.93. The van der Waals surface area contributed by atoms with Gasteiger partial charge in [0.05, 0.1) is 6.04 Å². The minimum absolute atomic E-state index is 0.0197. The largest absolute Gasteiger partial charge is 0.396 e. The molecule has 128 valence electrons. The van der Waals surface area contributed by atoms with E-state index in [-0.39, 0.29) is 30.1 Å². The number of rotatable bonds is 5. The lowest BCUT2D eigenvalue weighted by molar-refractivity contribution is 0.154. The number of aryl methyl sites for hydroxylation is 1. The van der Waals surface area contributed by atoms with Crippen molar-refractivity contribution in [3.05, 3.63) is 35.4 Å². The highest BCUT2D eigenvalue weighted by molar-refractivity contribution is 5.75. The monoisotopic (exact) mass is 318 g/mol. The summed E-state index contributed by atoms with van der Waals surface area (Å²) in [4.78, 5) is 14.7. The highest BCUT2D eigenvalue weighted by atomic mass is 16.3. The second kappa shape index (κ2) is 7.35. The van der Waals surface area contributed by atoms with E-state index in [4.69, 9.17) is 0 Å². The molecule has 1 aliphatic rings. The second-order valence-corrected chi connectivity index (χ2v) is 7.56. The summed E-state index contributed by atoms with van der Waals surface area (Å²) in [5.74, 6) is 0. The molecule has 4 nitrogen and oxygen atoms in total. The van der Waals surface area contributed by atoms with Crippen LogP contribution in [0, 0.1) is 5.41 Å². The summed E-state index contributed by atoms with van der Waals surface area (Å²) in [6, 6.07) is 8.54. The van der Waals surface area contributed by atoms with Crippen molar-refractivity contribution >= 4 is 6.03 Å². The van der Waals surface area contributed by atoms with E-state index in [0.29, 0.717) is 13.0 Å². The molecule has 1 aromatic rings. The van der Waals surface area contributed by atoms with Crippen LogP contribution in [0.4, 0.5) is 4.79 Å². The highest BCUT2D eigenvalue weighted by Gasteiger charge is 2.32. The van der Waals surface area contributed by atoms with Crippen LogP contribution < -0.4 is 5.32 Å². The zero-order chi connectivity index (χ0) is 17.0. The van der Waals surface area contributed by atoms with Crippen LogP contribution in [0.5, 0.6) is 0 Å². The van der Waals surface area contributed by atoms with Crippen LogP contribution in [0.3, 0.4) is 0 Å². The third-order valence-corrected chi connectivity index (χ3v) is 4.93. The lowest BCUT2D eigenvalue weighted by atomic mass is 9.88. The van der Waals surface area contributed by atoms with Crippen LogP contribution in [-0.2, 0) is 6.42 Å². The Balaban J connectivity index is 2.16. The van der Waals surface area contributed by atoms with Crippen LogP contribution in [0.25, 0.3) is 0 Å². The third kappa shape index (κ3) is 4.25. The molecule has 0 saturated carbocycles. The van der Waals surface area contributed by atoms with E-state index >= 15 is 0 Å². The van der Waals surface area contributed by atoms with Gasteiger partial charge >= 0.3 is 6.03 Å². The number of fused-ring (bicyclic) bond motifs is 1. The van der Waals surface area contributed by atoms with Crippen LogP contribution in [0.1, 0.15) is 57.7 Å². The van der Waals surface area contributed by atoms with Gasteiger partial charge in [0.15, 0.2) is 0 Å². The Morgan fingerprint density at radius 1 is 1.39 bits per heavy atom. The number of amides is 2. The van der Waals surface area contributed by atoms with Gasteiger partial charge in [0.2, 0.25) is 0 Å². The van der Waals surface area contributed by atoms with Crippen LogP contribution in [0.2, 0.25) is 0 Å². The Labute approximate surface area is 139 Å². The van der Waals surface area contributed by atoms with Gasteiger partial charge in [-0.25, -0.2) is 4.79 Å². The summed E-state index contributed by atoms with van der Waals surface area (Å²) in [6.45, 7) is 9.11. The van der Waals surface area contributed by atoms with Crippen molar-refractivity contribution in [3.63, 3.8) is 0 Å². The van der Waals surface area contributed by atoms with E-state index < -0.39 is 0 Å². The molecular weight excluding hydrogens is 288 g/mol. The summed E-state index contributed by atoms with van der Waals surface area (Å²) in [5.41, 5.74) is 2.61. The fourth-order valence-electron chi connectivity index (χ4n) is 2.98. The van der Waals surface area contributed by atoms with Crippen molar-refractivity contribution in [2.45, 2.75) is 59.0 Å². The zero-order valence-corrected chi connectivity index (χ0v) is 14.8. The van der Waals surface area contributed by atoms with Gasteiger partial charge in [-0.15, -0.1) is 0 Å². The molecule has 0 spiro atoms. The Bertz CT molecular complexity index is 536. The van der Waals surface area contributed by atoms with Gasteiger partial charge < -0.3 is 15.3 Å². The standard InChI is InChI=1S/C19H30N2O2/c1-14(19(2,3)4)20-18(23)21(12-7-13-22)17-11-10-15-8-5-6-9-16(15)17/h5-6,8-9,14,17,22H,7,10-13H2,1-4H3,(H,20,23). The van der Waals surface area contributed by atoms with Crippen molar-refractivity contribution < 1.29 is 9.90 Å². The Morgan fingerprint density at radius 2 is 2.09 bits per heavy atom. The van der Waals surface area contributed by atoms with E-state index in [2.05, 4.69) is 44.3 Å². The number of hydrogen-bond acceptors (Lipinski definition) is 2. The summed E-state index contributed by atoms with van der Waals surface area (Å²) in [7, 11) is 0. The van der Waals surface area contributed by atoms with Crippen molar-refractivity contribution in [3.8, 4) is 0 Å². The molecule has 0 heterocycles. The first-order chi connectivity index (χ1) is 10.8. The molecular formula is C19H30N2O2. The molecule has 0 aliphatic heterocycles. The lowest BCUT2D eigenvalue weighted by Gasteiger charge is -2.34. The number of benzene rings is 1. The van der Waals surface area contributed by atoms with E-state index in [0.717, 1.165) is 12.8 Å². The van der Waals surface area contributed by atoms with Gasteiger partial charge in [-0.2, -0.15) is 0 Å². The predicted octanol–water partition coefficient (Wildman–Crippen LogP) is 3.50. The molecule has 2 atom stereocenters. The predicted molar refractivity (Wildman–Crippen MR) is 93.4 cm³/mol. The Morgan fingerprint density at radius 3 is 2.74 bits per heavy atom. The molecule has 4 heteroatoms. The van der Waals surface area contributed by atoms with Crippen LogP contribution in [-0.4, -0.2) is 35.2 Å².